The summed E-state index contributed by atoms with van der Waals surface area (Å²) in [6.45, 7) is 0. The minimum Gasteiger partial charge on any atom is -0.309 e. The summed E-state index contributed by atoms with van der Waals surface area (Å²) in [5.74, 6) is 0. The van der Waals surface area contributed by atoms with Crippen LogP contribution in [0.15, 0.2) is 100 Å². The zero-order valence-electron chi connectivity index (χ0n) is 17.8. The Morgan fingerprint density at radius 3 is 2.00 bits per heavy atom. The average Bonchev–Trinajstić information content (AvgIpc) is 3.34. The largest absolute Gasteiger partial charge is 0.309 e. The second-order valence-electron chi connectivity index (χ2n) is 8.92. The van der Waals surface area contributed by atoms with E-state index in [9.17, 15) is 0 Å². The summed E-state index contributed by atoms with van der Waals surface area (Å²) in [5, 5.41) is 2.53. The molecule has 2 aliphatic rings. The molecular weight excluding hydrogens is 550 g/mol. The van der Waals surface area contributed by atoms with Gasteiger partial charge in [0.25, 0.3) is 0 Å². The molecule has 0 unspecified atom stereocenters. The molecule has 34 heavy (non-hydrogen) atoms. The van der Waals surface area contributed by atoms with Crippen molar-refractivity contribution in [3.8, 4) is 17.1 Å². The van der Waals surface area contributed by atoms with E-state index in [1.54, 1.807) is 0 Å². The van der Waals surface area contributed by atoms with Crippen molar-refractivity contribution in [2.75, 3.05) is 0 Å². The molecule has 0 saturated carbocycles. The van der Waals surface area contributed by atoms with E-state index in [1.807, 2.05) is 12.4 Å². The summed E-state index contributed by atoms with van der Waals surface area (Å²) in [7, 11) is 0. The molecule has 160 valence electrons. The molecule has 0 fully saturated rings. The van der Waals surface area contributed by atoms with Gasteiger partial charge >= 0.3 is 0 Å². The lowest BCUT2D eigenvalue weighted by molar-refractivity contribution is 0.744. The van der Waals surface area contributed by atoms with Gasteiger partial charge in [-0.15, -0.1) is 0 Å². The Morgan fingerprint density at radius 2 is 1.24 bits per heavy atom. The first-order valence-corrected chi connectivity index (χ1v) is 12.7. The molecule has 1 aliphatic heterocycles. The third kappa shape index (κ3) is 2.09. The maximum Gasteiger partial charge on any atom is 0.0938 e. The lowest BCUT2D eigenvalue weighted by Gasteiger charge is -2.39. The van der Waals surface area contributed by atoms with E-state index in [0.717, 1.165) is 20.3 Å². The van der Waals surface area contributed by atoms with E-state index in [-0.39, 0.29) is 0 Å². The van der Waals surface area contributed by atoms with Gasteiger partial charge in [-0.25, -0.2) is 0 Å². The van der Waals surface area contributed by atoms with Gasteiger partial charge in [0.1, 0.15) is 0 Å². The van der Waals surface area contributed by atoms with Gasteiger partial charge in [-0.05, 0) is 67.3 Å². The highest BCUT2D eigenvalue weighted by Crippen LogP contribution is 2.60. The number of aromatic nitrogens is 3. The van der Waals surface area contributed by atoms with Crippen LogP contribution in [0.4, 0.5) is 0 Å². The highest BCUT2D eigenvalue weighted by Gasteiger charge is 2.52. The van der Waals surface area contributed by atoms with E-state index in [4.69, 9.17) is 9.97 Å². The van der Waals surface area contributed by atoms with E-state index in [1.165, 1.54) is 49.7 Å². The lowest BCUT2D eigenvalue weighted by atomic mass is 9.66. The van der Waals surface area contributed by atoms with Gasteiger partial charge in [0.2, 0.25) is 0 Å². The summed E-state index contributed by atoms with van der Waals surface area (Å²) in [6.07, 6.45) is 3.75. The fourth-order valence-corrected chi connectivity index (χ4v) is 6.92. The molecule has 6 aromatic rings. The minimum absolute atomic E-state index is 0.515. The predicted molar refractivity (Wildman–Crippen MR) is 143 cm³/mol. The minimum atomic E-state index is -0.515. The molecule has 0 saturated heterocycles. The molecule has 3 aromatic carbocycles. The third-order valence-electron chi connectivity index (χ3n) is 7.39. The summed E-state index contributed by atoms with van der Waals surface area (Å²) in [4.78, 5) is 9.77. The van der Waals surface area contributed by atoms with Gasteiger partial charge in [0, 0.05) is 43.2 Å². The summed E-state index contributed by atoms with van der Waals surface area (Å²) in [6, 6.07) is 28.7. The van der Waals surface area contributed by atoms with Crippen LogP contribution in [-0.4, -0.2) is 14.5 Å². The molecule has 0 amide bonds. The Balaban J connectivity index is 1.70. The Hall–Kier alpha value is -3.28. The van der Waals surface area contributed by atoms with Crippen LogP contribution in [0.5, 0.6) is 0 Å². The summed E-state index contributed by atoms with van der Waals surface area (Å²) >= 11 is 7.43. The first-order chi connectivity index (χ1) is 16.7. The van der Waals surface area contributed by atoms with E-state index < -0.39 is 5.41 Å². The molecule has 5 heteroatoms. The molecular formula is C29H15Br2N3. The molecule has 1 aliphatic carbocycles. The third-order valence-corrected chi connectivity index (χ3v) is 8.26. The van der Waals surface area contributed by atoms with E-state index in [2.05, 4.69) is 115 Å². The Labute approximate surface area is 212 Å². The second-order valence-corrected chi connectivity index (χ2v) is 10.8. The number of fused-ring (bicyclic) bond motifs is 12. The number of rotatable bonds is 0. The highest BCUT2D eigenvalue weighted by atomic mass is 79.9. The number of hydrogen-bond donors (Lipinski definition) is 0. The zero-order valence-corrected chi connectivity index (χ0v) is 20.9. The fraction of sp³-hybridized carbons (Fsp3) is 0.0345. The van der Waals surface area contributed by atoms with Crippen molar-refractivity contribution in [2.45, 2.75) is 5.41 Å². The normalized spacial score (nSPS) is 14.4. The van der Waals surface area contributed by atoms with Crippen LogP contribution >= 0.6 is 31.9 Å². The Bertz CT molecular complexity index is 1800. The number of pyridine rings is 2. The first-order valence-electron chi connectivity index (χ1n) is 11.1. The smallest absolute Gasteiger partial charge is 0.0938 e. The van der Waals surface area contributed by atoms with E-state index >= 15 is 0 Å². The van der Waals surface area contributed by atoms with Gasteiger partial charge in [-0.2, -0.15) is 0 Å². The fourth-order valence-electron chi connectivity index (χ4n) is 6.26. The molecule has 0 N–H and O–H groups in total. The Kier molecular flexibility index (Phi) is 3.61. The van der Waals surface area contributed by atoms with Crippen LogP contribution in [-0.2, 0) is 5.41 Å². The average molecular weight is 565 g/mol. The maximum absolute atomic E-state index is 4.88. The summed E-state index contributed by atoms with van der Waals surface area (Å²) < 4.78 is 4.37. The van der Waals surface area contributed by atoms with Crippen molar-refractivity contribution in [1.29, 1.82) is 0 Å². The van der Waals surface area contributed by atoms with Crippen LogP contribution in [0.2, 0.25) is 0 Å². The van der Waals surface area contributed by atoms with Crippen LogP contribution in [0.3, 0.4) is 0 Å². The lowest BCUT2D eigenvalue weighted by Crippen LogP contribution is -2.33. The van der Waals surface area contributed by atoms with Crippen molar-refractivity contribution in [3.63, 3.8) is 0 Å². The zero-order chi connectivity index (χ0) is 22.6. The van der Waals surface area contributed by atoms with Gasteiger partial charge in [0.15, 0.2) is 0 Å². The number of hydrogen-bond acceptors (Lipinski definition) is 2. The summed E-state index contributed by atoms with van der Waals surface area (Å²) in [5.41, 5.74) is 9.90. The van der Waals surface area contributed by atoms with Crippen molar-refractivity contribution in [3.05, 3.63) is 122 Å². The van der Waals surface area contributed by atoms with Crippen molar-refractivity contribution in [2.24, 2.45) is 0 Å². The second kappa shape index (κ2) is 6.44. The van der Waals surface area contributed by atoms with Crippen molar-refractivity contribution >= 4 is 53.7 Å². The van der Waals surface area contributed by atoms with Gasteiger partial charge in [-0.3, -0.25) is 9.97 Å². The SMILES string of the molecule is Brc1cnc2c(c1)C1(c3ccccc3-n3c4ccccc4c4cccc1c43)c1cc(Br)cnc1-2. The van der Waals surface area contributed by atoms with Crippen LogP contribution in [0, 0.1) is 0 Å². The number of benzene rings is 3. The number of nitrogens with zero attached hydrogens (tertiary/aromatic N) is 3. The monoisotopic (exact) mass is 563 g/mol. The molecule has 0 atom stereocenters. The molecule has 3 aromatic heterocycles. The van der Waals surface area contributed by atoms with E-state index in [0.29, 0.717) is 0 Å². The standard InChI is InChI=1S/C29H15Br2N3/c30-16-12-22-26(32-14-16)27-23(13-17(31)15-33-27)29(22)20-8-2-4-11-25(20)34-24-10-3-1-6-18(24)19-7-5-9-21(29)28(19)34/h1-15H. The van der Waals surface area contributed by atoms with Gasteiger partial charge < -0.3 is 4.57 Å². The van der Waals surface area contributed by atoms with Crippen molar-refractivity contribution < 1.29 is 0 Å². The number of para-hydroxylation sites is 3. The van der Waals surface area contributed by atoms with Crippen LogP contribution in [0.1, 0.15) is 22.3 Å². The van der Waals surface area contributed by atoms with Crippen LogP contribution in [0.25, 0.3) is 38.9 Å². The highest BCUT2D eigenvalue weighted by molar-refractivity contribution is 9.10. The molecule has 0 bridgehead atoms. The van der Waals surface area contributed by atoms with Gasteiger partial charge in [0.05, 0.1) is 33.5 Å². The topological polar surface area (TPSA) is 30.7 Å². The molecule has 3 nitrogen and oxygen atoms in total. The quantitative estimate of drug-likeness (QED) is 0.188. The molecule has 8 rings (SSSR count). The predicted octanol–water partition coefficient (Wildman–Crippen LogP) is 7.78. The maximum atomic E-state index is 4.88. The van der Waals surface area contributed by atoms with Gasteiger partial charge in [-0.1, -0.05) is 54.6 Å². The molecule has 4 heterocycles. The Morgan fingerprint density at radius 1 is 0.618 bits per heavy atom. The van der Waals surface area contributed by atoms with Crippen LogP contribution < -0.4 is 0 Å². The number of halogens is 2. The molecule has 1 spiro atoms. The molecule has 0 radical (unpaired) electrons. The first kappa shape index (κ1) is 19.1. The van der Waals surface area contributed by atoms with Crippen molar-refractivity contribution in [1.82, 2.24) is 14.5 Å².